The van der Waals surface area contributed by atoms with E-state index in [2.05, 4.69) is 39.2 Å². The molecule has 2 rings (SSSR count). The van der Waals surface area contributed by atoms with E-state index in [0.29, 0.717) is 12.2 Å². The van der Waals surface area contributed by atoms with Crippen molar-refractivity contribution in [2.45, 2.75) is 47.0 Å². The molecular formula is C19H29NO4Si. The van der Waals surface area contributed by atoms with Gasteiger partial charge in [0, 0.05) is 12.5 Å². The summed E-state index contributed by atoms with van der Waals surface area (Å²) in [6, 6.07) is 7.29. The standard InChI is InChI=1S/C19H29NO4Si/c1-12-9-7-8-10-13(12)18(22)24-17-15(16(21)20-17)14(19(2,3)4)11-23-25(5)6/h7-10,14-15,17,25H,11H2,1-6H3,(H,20,21)/t14-,15+,17-/m1/s1. The minimum absolute atomic E-state index is 0.00850. The summed E-state index contributed by atoms with van der Waals surface area (Å²) in [6.45, 7) is 12.9. The van der Waals surface area contributed by atoms with Gasteiger partial charge in [0.15, 0.2) is 15.3 Å². The molecule has 1 aromatic carbocycles. The first-order chi connectivity index (χ1) is 11.6. The van der Waals surface area contributed by atoms with Crippen LogP contribution in [0.25, 0.3) is 0 Å². The predicted molar refractivity (Wildman–Crippen MR) is 99.8 cm³/mol. The summed E-state index contributed by atoms with van der Waals surface area (Å²) >= 11 is 0. The van der Waals surface area contributed by atoms with Crippen LogP contribution in [0.3, 0.4) is 0 Å². The number of β-lactam (4-membered cyclic amide) rings is 1. The van der Waals surface area contributed by atoms with Gasteiger partial charge in [0.2, 0.25) is 5.91 Å². The van der Waals surface area contributed by atoms with Crippen molar-refractivity contribution in [2.75, 3.05) is 6.61 Å². The number of benzene rings is 1. The van der Waals surface area contributed by atoms with Crippen LogP contribution in [-0.4, -0.2) is 33.8 Å². The molecule has 0 aliphatic carbocycles. The van der Waals surface area contributed by atoms with E-state index in [4.69, 9.17) is 9.16 Å². The van der Waals surface area contributed by atoms with Crippen LogP contribution in [-0.2, 0) is 14.0 Å². The lowest BCUT2D eigenvalue weighted by Gasteiger charge is -2.45. The van der Waals surface area contributed by atoms with Gasteiger partial charge in [-0.3, -0.25) is 4.79 Å². The van der Waals surface area contributed by atoms with Gasteiger partial charge in [-0.25, -0.2) is 4.79 Å². The lowest BCUT2D eigenvalue weighted by Crippen LogP contribution is -2.64. The number of rotatable bonds is 6. The second kappa shape index (κ2) is 7.70. The van der Waals surface area contributed by atoms with Gasteiger partial charge in [0.25, 0.3) is 0 Å². The van der Waals surface area contributed by atoms with Crippen molar-refractivity contribution in [2.24, 2.45) is 17.3 Å². The van der Waals surface area contributed by atoms with Gasteiger partial charge >= 0.3 is 5.97 Å². The Balaban J connectivity index is 2.12. The molecule has 0 bridgehead atoms. The highest BCUT2D eigenvalue weighted by Crippen LogP contribution is 2.38. The van der Waals surface area contributed by atoms with Crippen LogP contribution in [0.2, 0.25) is 13.1 Å². The minimum Gasteiger partial charge on any atom is -0.437 e. The molecule has 0 saturated carbocycles. The zero-order chi connectivity index (χ0) is 18.8. The fourth-order valence-corrected chi connectivity index (χ4v) is 3.63. The molecule has 1 N–H and O–H groups in total. The zero-order valence-corrected chi connectivity index (χ0v) is 17.1. The lowest BCUT2D eigenvalue weighted by molar-refractivity contribution is -0.157. The van der Waals surface area contributed by atoms with Crippen molar-refractivity contribution in [3.05, 3.63) is 35.4 Å². The van der Waals surface area contributed by atoms with Gasteiger partial charge < -0.3 is 14.5 Å². The van der Waals surface area contributed by atoms with Gasteiger partial charge in [0.05, 0.1) is 11.5 Å². The van der Waals surface area contributed by atoms with Gasteiger partial charge in [0.1, 0.15) is 0 Å². The molecule has 1 amide bonds. The smallest absolute Gasteiger partial charge is 0.340 e. The second-order valence-corrected chi connectivity index (χ2v) is 10.5. The SMILES string of the molecule is Cc1ccccc1C(=O)O[C@H]1NC(=O)[C@@H]1[C@@H](CO[SiH](C)C)C(C)(C)C. The first-order valence-corrected chi connectivity index (χ1v) is 11.6. The summed E-state index contributed by atoms with van der Waals surface area (Å²) in [5.74, 6) is -0.858. The molecule has 1 saturated heterocycles. The number of esters is 1. The molecule has 1 aromatic rings. The summed E-state index contributed by atoms with van der Waals surface area (Å²) in [5.41, 5.74) is 1.26. The monoisotopic (exact) mass is 363 g/mol. The highest BCUT2D eigenvalue weighted by atomic mass is 28.3. The predicted octanol–water partition coefficient (Wildman–Crippen LogP) is 2.89. The molecule has 1 heterocycles. The summed E-state index contributed by atoms with van der Waals surface area (Å²) in [6.07, 6.45) is -0.596. The third-order valence-corrected chi connectivity index (χ3v) is 5.53. The third-order valence-electron chi connectivity index (χ3n) is 4.67. The molecule has 1 aliphatic heterocycles. The Morgan fingerprint density at radius 1 is 1.28 bits per heavy atom. The Bertz CT molecular complexity index is 639. The molecule has 1 aliphatic rings. The van der Waals surface area contributed by atoms with Crippen molar-refractivity contribution in [3.63, 3.8) is 0 Å². The van der Waals surface area contributed by atoms with E-state index in [-0.39, 0.29) is 23.2 Å². The van der Waals surface area contributed by atoms with Gasteiger partial charge in [-0.05, 0) is 37.1 Å². The van der Waals surface area contributed by atoms with E-state index >= 15 is 0 Å². The van der Waals surface area contributed by atoms with Crippen molar-refractivity contribution in [1.82, 2.24) is 5.32 Å². The molecular weight excluding hydrogens is 334 g/mol. The van der Waals surface area contributed by atoms with Crippen LogP contribution < -0.4 is 5.32 Å². The number of amides is 1. The van der Waals surface area contributed by atoms with E-state index in [1.165, 1.54) is 0 Å². The van der Waals surface area contributed by atoms with Gasteiger partial charge in [-0.15, -0.1) is 0 Å². The van der Waals surface area contributed by atoms with Crippen molar-refractivity contribution >= 4 is 20.9 Å². The number of aryl methyl sites for hydroxylation is 1. The summed E-state index contributed by atoms with van der Waals surface area (Å²) in [7, 11) is -1.19. The molecule has 138 valence electrons. The van der Waals surface area contributed by atoms with E-state index in [9.17, 15) is 9.59 Å². The van der Waals surface area contributed by atoms with Crippen LogP contribution in [0.4, 0.5) is 0 Å². The quantitative estimate of drug-likeness (QED) is 0.479. The van der Waals surface area contributed by atoms with E-state index in [1.54, 1.807) is 12.1 Å². The molecule has 0 radical (unpaired) electrons. The molecule has 25 heavy (non-hydrogen) atoms. The molecule has 1 fully saturated rings. The van der Waals surface area contributed by atoms with Crippen LogP contribution in [0.15, 0.2) is 24.3 Å². The number of hydrogen-bond acceptors (Lipinski definition) is 4. The summed E-state index contributed by atoms with van der Waals surface area (Å²) < 4.78 is 11.5. The highest BCUT2D eigenvalue weighted by molar-refractivity contribution is 6.48. The van der Waals surface area contributed by atoms with E-state index in [0.717, 1.165) is 5.56 Å². The van der Waals surface area contributed by atoms with E-state index < -0.39 is 21.2 Å². The van der Waals surface area contributed by atoms with E-state index in [1.807, 2.05) is 19.1 Å². The summed E-state index contributed by atoms with van der Waals surface area (Å²) in [4.78, 5) is 24.7. The number of carbonyl (C=O) groups excluding carboxylic acids is 2. The fraction of sp³-hybridized carbons (Fsp3) is 0.579. The second-order valence-electron chi connectivity index (χ2n) is 8.03. The number of carbonyl (C=O) groups is 2. The average Bonchev–Trinajstić information content (AvgIpc) is 2.49. The molecule has 5 nitrogen and oxygen atoms in total. The van der Waals surface area contributed by atoms with Crippen LogP contribution in [0.1, 0.15) is 36.7 Å². The fourth-order valence-electron chi connectivity index (χ4n) is 3.03. The Hall–Kier alpha value is -1.66. The Morgan fingerprint density at radius 3 is 2.44 bits per heavy atom. The maximum Gasteiger partial charge on any atom is 0.340 e. The van der Waals surface area contributed by atoms with Crippen molar-refractivity contribution in [1.29, 1.82) is 0 Å². The Kier molecular flexibility index (Phi) is 6.06. The number of hydrogen-bond donors (Lipinski definition) is 1. The van der Waals surface area contributed by atoms with Gasteiger partial charge in [-0.1, -0.05) is 39.0 Å². The van der Waals surface area contributed by atoms with Gasteiger partial charge in [-0.2, -0.15) is 0 Å². The topological polar surface area (TPSA) is 64.6 Å². The molecule has 3 atom stereocenters. The van der Waals surface area contributed by atoms with Crippen molar-refractivity contribution in [3.8, 4) is 0 Å². The molecule has 6 heteroatoms. The first-order valence-electron chi connectivity index (χ1n) is 8.80. The molecule has 0 spiro atoms. The first kappa shape index (κ1) is 19.7. The normalized spacial score (nSPS) is 21.5. The number of ether oxygens (including phenoxy) is 1. The number of nitrogens with one attached hydrogen (secondary N) is 1. The highest BCUT2D eigenvalue weighted by Gasteiger charge is 2.50. The van der Waals surface area contributed by atoms with Crippen LogP contribution in [0.5, 0.6) is 0 Å². The minimum atomic E-state index is -1.19. The lowest BCUT2D eigenvalue weighted by atomic mass is 9.70. The average molecular weight is 364 g/mol. The maximum atomic E-state index is 12.5. The van der Waals surface area contributed by atoms with Crippen molar-refractivity contribution < 1.29 is 18.8 Å². The Morgan fingerprint density at radius 2 is 1.92 bits per heavy atom. The maximum absolute atomic E-state index is 12.5. The Labute approximate surface area is 151 Å². The van der Waals surface area contributed by atoms with Crippen LogP contribution >= 0.6 is 0 Å². The zero-order valence-electron chi connectivity index (χ0n) is 16.0. The van der Waals surface area contributed by atoms with Crippen LogP contribution in [0, 0.1) is 24.2 Å². The largest absolute Gasteiger partial charge is 0.437 e. The molecule has 0 aromatic heterocycles. The third kappa shape index (κ3) is 4.70. The summed E-state index contributed by atoms with van der Waals surface area (Å²) in [5, 5.41) is 2.73. The molecule has 0 unspecified atom stereocenters.